The minimum atomic E-state index is -4.43. The number of halogens is 4. The van der Waals surface area contributed by atoms with Gasteiger partial charge in [-0.25, -0.2) is 9.37 Å². The molecule has 1 unspecified atom stereocenters. The van der Waals surface area contributed by atoms with Gasteiger partial charge in [0, 0.05) is 29.9 Å². The Morgan fingerprint density at radius 3 is 2.41 bits per heavy atom. The van der Waals surface area contributed by atoms with E-state index in [9.17, 15) is 17.6 Å². The second kappa shape index (κ2) is 9.02. The molecule has 1 atom stereocenters. The van der Waals surface area contributed by atoms with E-state index in [0.29, 0.717) is 6.42 Å². The summed E-state index contributed by atoms with van der Waals surface area (Å²) >= 11 is 0. The molecule has 0 N–H and O–H groups in total. The molecule has 1 aliphatic heterocycles. The first-order valence-corrected chi connectivity index (χ1v) is 10.9. The zero-order chi connectivity index (χ0) is 23.7. The first-order valence-electron chi connectivity index (χ1n) is 10.9. The first kappa shape index (κ1) is 22.3. The molecule has 0 amide bonds. The highest BCUT2D eigenvalue weighted by molar-refractivity contribution is 5.79. The number of nitrogens with zero attached hydrogens (tertiary/aromatic N) is 3. The Balaban J connectivity index is 1.44. The van der Waals surface area contributed by atoms with Crippen LogP contribution in [-0.4, -0.2) is 21.1 Å². The summed E-state index contributed by atoms with van der Waals surface area (Å²) in [7, 11) is 0. The Kier molecular flexibility index (Phi) is 5.91. The summed E-state index contributed by atoms with van der Waals surface area (Å²) in [5.41, 5.74) is 2.72. The lowest BCUT2D eigenvalue weighted by Gasteiger charge is -2.19. The van der Waals surface area contributed by atoms with Crippen LogP contribution in [0, 0.1) is 5.82 Å². The van der Waals surface area contributed by atoms with Crippen molar-refractivity contribution < 1.29 is 22.3 Å². The van der Waals surface area contributed by atoms with Crippen LogP contribution in [0.2, 0.25) is 0 Å². The number of hydrogen-bond donors (Lipinski definition) is 0. The average Bonchev–Trinajstić information content (AvgIpc) is 3.40. The highest BCUT2D eigenvalue weighted by Crippen LogP contribution is 2.40. The van der Waals surface area contributed by atoms with E-state index in [-0.39, 0.29) is 30.6 Å². The van der Waals surface area contributed by atoms with Gasteiger partial charge in [-0.15, -0.1) is 0 Å². The maximum Gasteiger partial charge on any atom is 0.416 e. The van der Waals surface area contributed by atoms with E-state index in [2.05, 4.69) is 9.55 Å². The first-order chi connectivity index (χ1) is 16.4. The maximum atomic E-state index is 13.5. The predicted octanol–water partition coefficient (Wildman–Crippen LogP) is 6.47. The van der Waals surface area contributed by atoms with Crippen molar-refractivity contribution in [1.29, 1.82) is 0 Å². The molecule has 0 saturated heterocycles. The van der Waals surface area contributed by atoms with Crippen LogP contribution in [0.5, 0.6) is 0 Å². The van der Waals surface area contributed by atoms with Crippen molar-refractivity contribution in [2.75, 3.05) is 6.61 Å². The molecular weight excluding hydrogens is 446 g/mol. The summed E-state index contributed by atoms with van der Waals surface area (Å²) in [5, 5.41) is 0. The van der Waals surface area contributed by atoms with Crippen molar-refractivity contribution in [1.82, 2.24) is 14.5 Å². The Morgan fingerprint density at radius 1 is 0.941 bits per heavy atom. The zero-order valence-electron chi connectivity index (χ0n) is 18.1. The SMILES string of the molecule is Fc1ccc(-c2nc3n(c2-c2ccncc2)C(COCc2ccccc2C(F)(F)F)CC3)cc1. The number of pyridine rings is 1. The largest absolute Gasteiger partial charge is 0.416 e. The van der Waals surface area contributed by atoms with E-state index in [4.69, 9.17) is 9.72 Å². The van der Waals surface area contributed by atoms with Crippen molar-refractivity contribution in [3.63, 3.8) is 0 Å². The number of aryl methyl sites for hydroxylation is 1. The van der Waals surface area contributed by atoms with Gasteiger partial charge in [-0.2, -0.15) is 13.2 Å². The van der Waals surface area contributed by atoms with Gasteiger partial charge in [0.1, 0.15) is 11.6 Å². The van der Waals surface area contributed by atoms with E-state index in [1.165, 1.54) is 24.3 Å². The van der Waals surface area contributed by atoms with Gasteiger partial charge in [-0.05, 0) is 54.4 Å². The molecule has 0 fully saturated rings. The number of imidazole rings is 1. The molecule has 174 valence electrons. The van der Waals surface area contributed by atoms with Crippen LogP contribution < -0.4 is 0 Å². The molecule has 0 aliphatic carbocycles. The Morgan fingerprint density at radius 2 is 1.68 bits per heavy atom. The third kappa shape index (κ3) is 4.33. The standard InChI is InChI=1S/C26H21F4N3O/c27-20-7-5-17(6-8-20)24-25(18-11-13-31-14-12-18)33-21(9-10-23(33)32-24)16-34-15-19-3-1-2-4-22(19)26(28,29)30/h1-8,11-14,21H,9-10,15-16H2. The van der Waals surface area contributed by atoms with Gasteiger partial charge in [0.15, 0.2) is 0 Å². The third-order valence-corrected chi connectivity index (χ3v) is 6.01. The van der Waals surface area contributed by atoms with E-state index in [1.54, 1.807) is 30.6 Å². The topological polar surface area (TPSA) is 39.9 Å². The fraction of sp³-hybridized carbons (Fsp3) is 0.231. The van der Waals surface area contributed by atoms with Crippen LogP contribution in [-0.2, 0) is 23.9 Å². The molecule has 2 aromatic carbocycles. The molecule has 5 rings (SSSR count). The van der Waals surface area contributed by atoms with Gasteiger partial charge in [-0.1, -0.05) is 18.2 Å². The zero-order valence-corrected chi connectivity index (χ0v) is 18.1. The van der Waals surface area contributed by atoms with Crippen LogP contribution in [0.15, 0.2) is 73.1 Å². The number of hydrogen-bond acceptors (Lipinski definition) is 3. The van der Waals surface area contributed by atoms with E-state index in [0.717, 1.165) is 40.8 Å². The molecule has 4 nitrogen and oxygen atoms in total. The molecule has 34 heavy (non-hydrogen) atoms. The fourth-order valence-corrected chi connectivity index (χ4v) is 4.45. The van der Waals surface area contributed by atoms with Crippen molar-refractivity contribution in [3.05, 3.63) is 95.8 Å². The van der Waals surface area contributed by atoms with Gasteiger partial charge in [-0.3, -0.25) is 4.98 Å². The predicted molar refractivity (Wildman–Crippen MR) is 119 cm³/mol. The quantitative estimate of drug-likeness (QED) is 0.305. The molecule has 3 heterocycles. The number of fused-ring (bicyclic) bond motifs is 1. The Bertz CT molecular complexity index is 1280. The normalized spacial score (nSPS) is 15.5. The lowest BCUT2D eigenvalue weighted by molar-refractivity contribution is -0.138. The van der Waals surface area contributed by atoms with Crippen molar-refractivity contribution in [3.8, 4) is 22.5 Å². The van der Waals surface area contributed by atoms with Gasteiger partial charge in [0.05, 0.1) is 36.2 Å². The van der Waals surface area contributed by atoms with Gasteiger partial charge in [0.2, 0.25) is 0 Å². The highest BCUT2D eigenvalue weighted by Gasteiger charge is 2.33. The number of benzene rings is 2. The summed E-state index contributed by atoms with van der Waals surface area (Å²) in [6.45, 7) is 0.113. The Hall–Kier alpha value is -3.52. The van der Waals surface area contributed by atoms with Crippen LogP contribution >= 0.6 is 0 Å². The van der Waals surface area contributed by atoms with Crippen LogP contribution in [0.25, 0.3) is 22.5 Å². The summed E-state index contributed by atoms with van der Waals surface area (Å²) in [6.07, 6.45) is 0.442. The minimum Gasteiger partial charge on any atom is -0.375 e. The second-order valence-electron chi connectivity index (χ2n) is 8.20. The lowest BCUT2D eigenvalue weighted by Crippen LogP contribution is -2.15. The summed E-state index contributed by atoms with van der Waals surface area (Å²) in [4.78, 5) is 8.94. The molecular formula is C26H21F4N3O. The number of ether oxygens (including phenoxy) is 1. The molecule has 0 radical (unpaired) electrons. The van der Waals surface area contributed by atoms with Crippen molar-refractivity contribution >= 4 is 0 Å². The third-order valence-electron chi connectivity index (χ3n) is 6.01. The van der Waals surface area contributed by atoms with E-state index >= 15 is 0 Å². The molecule has 0 spiro atoms. The van der Waals surface area contributed by atoms with Crippen LogP contribution in [0.4, 0.5) is 17.6 Å². The summed E-state index contributed by atoms with van der Waals surface area (Å²) in [5.74, 6) is 0.543. The maximum absolute atomic E-state index is 13.5. The van der Waals surface area contributed by atoms with Crippen LogP contribution in [0.1, 0.15) is 29.4 Å². The Labute approximate surface area is 193 Å². The summed E-state index contributed by atoms with van der Waals surface area (Å²) < 4.78 is 61.3. The van der Waals surface area contributed by atoms with Crippen LogP contribution in [0.3, 0.4) is 0 Å². The monoisotopic (exact) mass is 467 g/mol. The van der Waals surface area contributed by atoms with Gasteiger partial charge in [0.25, 0.3) is 0 Å². The second-order valence-corrected chi connectivity index (χ2v) is 8.20. The molecule has 0 saturated carbocycles. The van der Waals surface area contributed by atoms with E-state index < -0.39 is 11.7 Å². The highest BCUT2D eigenvalue weighted by atomic mass is 19.4. The minimum absolute atomic E-state index is 0.0853. The number of alkyl halides is 3. The van der Waals surface area contributed by atoms with Crippen molar-refractivity contribution in [2.24, 2.45) is 0 Å². The smallest absolute Gasteiger partial charge is 0.375 e. The molecule has 0 bridgehead atoms. The van der Waals surface area contributed by atoms with Gasteiger partial charge < -0.3 is 9.30 Å². The average molecular weight is 467 g/mol. The molecule has 8 heteroatoms. The van der Waals surface area contributed by atoms with Gasteiger partial charge >= 0.3 is 6.18 Å². The molecule has 1 aliphatic rings. The molecule has 2 aromatic heterocycles. The lowest BCUT2D eigenvalue weighted by atomic mass is 10.0. The number of rotatable bonds is 6. The summed E-state index contributed by atoms with van der Waals surface area (Å²) in [6, 6.07) is 15.3. The van der Waals surface area contributed by atoms with Crippen molar-refractivity contribution in [2.45, 2.75) is 31.7 Å². The number of aromatic nitrogens is 3. The fourth-order valence-electron chi connectivity index (χ4n) is 4.45. The van der Waals surface area contributed by atoms with E-state index in [1.807, 2.05) is 12.1 Å². The molecule has 4 aromatic rings.